The number of carboxylic acid groups (broad SMARTS) is 1. The lowest BCUT2D eigenvalue weighted by Gasteiger charge is -2.20. The SMILES string of the molecule is CC[C@H](C)[C@H](NS(=O)(=O)c1cc(C)cc([N+](=O)[O-])c1C)C(=O)O. The molecule has 9 heteroatoms. The Balaban J connectivity index is 3.39. The number of rotatable bonds is 7. The van der Waals surface area contributed by atoms with Crippen LogP contribution in [0, 0.1) is 29.9 Å². The molecule has 0 bridgehead atoms. The fourth-order valence-corrected chi connectivity index (χ4v) is 3.79. The van der Waals surface area contributed by atoms with Gasteiger partial charge in [-0.05, 0) is 31.4 Å². The van der Waals surface area contributed by atoms with Crippen LogP contribution < -0.4 is 4.72 Å². The first-order chi connectivity index (χ1) is 10.5. The van der Waals surface area contributed by atoms with E-state index in [-0.39, 0.29) is 16.1 Å². The van der Waals surface area contributed by atoms with E-state index in [0.717, 1.165) is 0 Å². The van der Waals surface area contributed by atoms with Gasteiger partial charge >= 0.3 is 5.97 Å². The molecule has 0 unspecified atom stereocenters. The van der Waals surface area contributed by atoms with Crippen molar-refractivity contribution in [3.63, 3.8) is 0 Å². The molecule has 0 aliphatic heterocycles. The standard InChI is InChI=1S/C14H20N2O6S/c1-5-9(3)13(14(17)18)15-23(21,22)12-7-8(2)6-11(10(12)4)16(19)20/h6-7,9,13,15H,5H2,1-4H3,(H,17,18)/t9-,13-/m0/s1. The van der Waals surface area contributed by atoms with Crippen molar-refractivity contribution >= 4 is 21.7 Å². The van der Waals surface area contributed by atoms with Crippen LogP contribution in [0.25, 0.3) is 0 Å². The van der Waals surface area contributed by atoms with Gasteiger partial charge in [0.2, 0.25) is 10.0 Å². The third-order valence-corrected chi connectivity index (χ3v) is 5.29. The molecule has 0 spiro atoms. The fraction of sp³-hybridized carbons (Fsp3) is 0.500. The van der Waals surface area contributed by atoms with E-state index >= 15 is 0 Å². The summed E-state index contributed by atoms with van der Waals surface area (Å²) in [5.41, 5.74) is 0.0558. The zero-order valence-electron chi connectivity index (χ0n) is 13.4. The molecule has 8 nitrogen and oxygen atoms in total. The predicted molar refractivity (Wildman–Crippen MR) is 83.8 cm³/mol. The van der Waals surface area contributed by atoms with Gasteiger partial charge in [-0.3, -0.25) is 14.9 Å². The molecule has 0 aliphatic carbocycles. The fourth-order valence-electron chi connectivity index (χ4n) is 2.15. The molecule has 0 aromatic heterocycles. The second-order valence-corrected chi connectivity index (χ2v) is 7.17. The molecule has 0 aliphatic rings. The molecule has 0 radical (unpaired) electrons. The lowest BCUT2D eigenvalue weighted by atomic mass is 10.0. The highest BCUT2D eigenvalue weighted by Gasteiger charge is 2.31. The Hall–Kier alpha value is -2.00. The van der Waals surface area contributed by atoms with Gasteiger partial charge < -0.3 is 5.11 Å². The summed E-state index contributed by atoms with van der Waals surface area (Å²) in [6, 6.07) is 1.27. The third-order valence-electron chi connectivity index (χ3n) is 3.72. The van der Waals surface area contributed by atoms with Crippen LogP contribution in [0.4, 0.5) is 5.69 Å². The first-order valence-corrected chi connectivity index (χ1v) is 8.50. The Morgan fingerprint density at radius 1 is 1.39 bits per heavy atom. The number of hydrogen-bond donors (Lipinski definition) is 2. The summed E-state index contributed by atoms with van der Waals surface area (Å²) in [4.78, 5) is 21.4. The smallest absolute Gasteiger partial charge is 0.322 e. The number of nitro benzene ring substituents is 1. The van der Waals surface area contributed by atoms with Gasteiger partial charge in [-0.1, -0.05) is 20.3 Å². The average molecular weight is 344 g/mol. The number of nitrogens with one attached hydrogen (secondary N) is 1. The second-order valence-electron chi connectivity index (χ2n) is 5.49. The van der Waals surface area contributed by atoms with Gasteiger partial charge in [0.25, 0.3) is 5.69 Å². The van der Waals surface area contributed by atoms with Crippen LogP contribution in [-0.4, -0.2) is 30.5 Å². The third kappa shape index (κ3) is 4.26. The summed E-state index contributed by atoms with van der Waals surface area (Å²) in [7, 11) is -4.20. The topological polar surface area (TPSA) is 127 Å². The summed E-state index contributed by atoms with van der Waals surface area (Å²) < 4.78 is 27.2. The van der Waals surface area contributed by atoms with Crippen LogP contribution >= 0.6 is 0 Å². The number of benzene rings is 1. The van der Waals surface area contributed by atoms with E-state index in [0.29, 0.717) is 12.0 Å². The molecule has 0 amide bonds. The normalized spacial score (nSPS) is 14.3. The molecule has 2 atom stereocenters. The maximum Gasteiger partial charge on any atom is 0.322 e. The highest BCUT2D eigenvalue weighted by molar-refractivity contribution is 7.89. The zero-order valence-corrected chi connectivity index (χ0v) is 14.2. The molecule has 1 rings (SSSR count). The van der Waals surface area contributed by atoms with Crippen molar-refractivity contribution < 1.29 is 23.2 Å². The number of nitrogens with zero attached hydrogens (tertiary/aromatic N) is 1. The summed E-state index contributed by atoms with van der Waals surface area (Å²) >= 11 is 0. The highest BCUT2D eigenvalue weighted by Crippen LogP contribution is 2.27. The van der Waals surface area contributed by atoms with E-state index in [1.54, 1.807) is 13.8 Å². The van der Waals surface area contributed by atoms with Crippen molar-refractivity contribution in [1.82, 2.24) is 4.72 Å². The van der Waals surface area contributed by atoms with Crippen LogP contribution in [0.15, 0.2) is 17.0 Å². The number of aryl methyl sites for hydroxylation is 1. The van der Waals surface area contributed by atoms with E-state index < -0.39 is 32.9 Å². The minimum Gasteiger partial charge on any atom is -0.480 e. The van der Waals surface area contributed by atoms with E-state index in [9.17, 15) is 28.4 Å². The van der Waals surface area contributed by atoms with E-state index in [4.69, 9.17) is 0 Å². The van der Waals surface area contributed by atoms with Crippen molar-refractivity contribution in [2.45, 2.75) is 45.1 Å². The Morgan fingerprint density at radius 2 is 1.96 bits per heavy atom. The maximum absolute atomic E-state index is 12.5. The van der Waals surface area contributed by atoms with Gasteiger partial charge in [0.15, 0.2) is 0 Å². The molecular weight excluding hydrogens is 324 g/mol. The maximum atomic E-state index is 12.5. The zero-order chi connectivity index (χ0) is 17.9. The number of carbonyl (C=O) groups is 1. The summed E-state index contributed by atoms with van der Waals surface area (Å²) in [6.45, 7) is 6.23. The number of nitro groups is 1. The lowest BCUT2D eigenvalue weighted by Crippen LogP contribution is -2.45. The molecule has 2 N–H and O–H groups in total. The van der Waals surface area contributed by atoms with Gasteiger partial charge in [0.1, 0.15) is 6.04 Å². The molecule has 0 saturated carbocycles. The summed E-state index contributed by atoms with van der Waals surface area (Å²) in [5.74, 6) is -1.72. The Kier molecular flexibility index (Phi) is 5.84. The van der Waals surface area contributed by atoms with Crippen LogP contribution in [0.5, 0.6) is 0 Å². The van der Waals surface area contributed by atoms with Gasteiger partial charge in [-0.25, -0.2) is 8.42 Å². The molecule has 128 valence electrons. The second kappa shape index (κ2) is 7.05. The largest absolute Gasteiger partial charge is 0.480 e. The molecule has 0 saturated heterocycles. The minimum atomic E-state index is -4.20. The van der Waals surface area contributed by atoms with E-state index in [1.165, 1.54) is 26.0 Å². The van der Waals surface area contributed by atoms with Crippen molar-refractivity contribution in [1.29, 1.82) is 0 Å². The molecular formula is C14H20N2O6S. The molecule has 0 fully saturated rings. The van der Waals surface area contributed by atoms with Crippen molar-refractivity contribution in [3.8, 4) is 0 Å². The van der Waals surface area contributed by atoms with Gasteiger partial charge in [0.05, 0.1) is 9.82 Å². The van der Waals surface area contributed by atoms with Crippen LogP contribution in [0.2, 0.25) is 0 Å². The quantitative estimate of drug-likeness (QED) is 0.575. The van der Waals surface area contributed by atoms with Crippen molar-refractivity contribution in [2.75, 3.05) is 0 Å². The monoisotopic (exact) mass is 344 g/mol. The van der Waals surface area contributed by atoms with Gasteiger partial charge in [0, 0.05) is 11.6 Å². The number of carboxylic acids is 1. The van der Waals surface area contributed by atoms with Gasteiger partial charge in [-0.15, -0.1) is 0 Å². The Bertz CT molecular complexity index is 729. The minimum absolute atomic E-state index is 0.0265. The molecule has 1 aromatic carbocycles. The van der Waals surface area contributed by atoms with Gasteiger partial charge in [-0.2, -0.15) is 4.72 Å². The predicted octanol–water partition coefficient (Wildman–Crippen LogP) is 1.99. The highest BCUT2D eigenvalue weighted by atomic mass is 32.2. The van der Waals surface area contributed by atoms with E-state index in [1.807, 2.05) is 0 Å². The van der Waals surface area contributed by atoms with Crippen molar-refractivity contribution in [3.05, 3.63) is 33.4 Å². The number of hydrogen-bond acceptors (Lipinski definition) is 5. The average Bonchev–Trinajstić information content (AvgIpc) is 2.45. The van der Waals surface area contributed by atoms with Crippen LogP contribution in [0.3, 0.4) is 0 Å². The Morgan fingerprint density at radius 3 is 2.39 bits per heavy atom. The molecule has 1 aromatic rings. The lowest BCUT2D eigenvalue weighted by molar-refractivity contribution is -0.385. The van der Waals surface area contributed by atoms with Crippen LogP contribution in [0.1, 0.15) is 31.4 Å². The molecule has 23 heavy (non-hydrogen) atoms. The molecule has 0 heterocycles. The van der Waals surface area contributed by atoms with E-state index in [2.05, 4.69) is 4.72 Å². The van der Waals surface area contributed by atoms with Crippen LogP contribution in [-0.2, 0) is 14.8 Å². The summed E-state index contributed by atoms with van der Waals surface area (Å²) in [5, 5.41) is 20.3. The summed E-state index contributed by atoms with van der Waals surface area (Å²) in [6.07, 6.45) is 0.465. The Labute approximate surface area is 134 Å². The first-order valence-electron chi connectivity index (χ1n) is 7.02. The number of sulfonamides is 1. The number of aliphatic carboxylic acids is 1. The first kappa shape index (κ1) is 19.0. The van der Waals surface area contributed by atoms with Crippen molar-refractivity contribution in [2.24, 2.45) is 5.92 Å².